The van der Waals surface area contributed by atoms with Crippen molar-refractivity contribution >= 4 is 0 Å². The molecule has 2 aromatic rings. The van der Waals surface area contributed by atoms with Crippen LogP contribution in [0.1, 0.15) is 48.1 Å². The predicted octanol–water partition coefficient (Wildman–Crippen LogP) is 4.59. The van der Waals surface area contributed by atoms with Gasteiger partial charge in [-0.1, -0.05) is 30.3 Å². The average molecular weight is 420 g/mol. The zero-order valence-corrected chi connectivity index (χ0v) is 17.2. The summed E-state index contributed by atoms with van der Waals surface area (Å²) in [5, 5.41) is 7.12. The molecule has 0 radical (unpaired) electrons. The third-order valence-corrected chi connectivity index (χ3v) is 6.25. The number of hydrogen-bond donors (Lipinski definition) is 2. The summed E-state index contributed by atoms with van der Waals surface area (Å²) in [5.41, 5.74) is 0.316. The Morgan fingerprint density at radius 1 is 1.23 bits per heavy atom. The van der Waals surface area contributed by atoms with Crippen LogP contribution < -0.4 is 15.4 Å². The van der Waals surface area contributed by atoms with Gasteiger partial charge >= 0.3 is 6.18 Å². The van der Waals surface area contributed by atoms with Crippen LogP contribution in [0.3, 0.4) is 0 Å². The quantitative estimate of drug-likeness (QED) is 0.743. The Morgan fingerprint density at radius 3 is 2.70 bits per heavy atom. The number of piperidine rings is 1. The van der Waals surface area contributed by atoms with Gasteiger partial charge in [-0.15, -0.1) is 0 Å². The molecule has 4 rings (SSSR count). The molecule has 162 valence electrons. The van der Waals surface area contributed by atoms with E-state index in [-0.39, 0.29) is 24.3 Å². The normalized spacial score (nSPS) is 26.4. The summed E-state index contributed by atoms with van der Waals surface area (Å²) >= 11 is 0. The highest BCUT2D eigenvalue weighted by Crippen LogP contribution is 2.49. The molecule has 2 aromatic carbocycles. The van der Waals surface area contributed by atoms with Crippen molar-refractivity contribution in [3.8, 4) is 5.75 Å². The first-order valence-electron chi connectivity index (χ1n) is 10.3. The fraction of sp³-hybridized carbons (Fsp3) is 0.478. The van der Waals surface area contributed by atoms with E-state index in [1.807, 2.05) is 18.2 Å². The Kier molecular flexibility index (Phi) is 5.79. The zero-order chi connectivity index (χ0) is 21.4. The molecule has 0 aromatic heterocycles. The molecule has 0 amide bonds. The van der Waals surface area contributed by atoms with Crippen LogP contribution in [0.15, 0.2) is 42.5 Å². The lowest BCUT2D eigenvalue weighted by Crippen LogP contribution is -2.45. The molecule has 1 saturated heterocycles. The first-order valence-corrected chi connectivity index (χ1v) is 10.3. The van der Waals surface area contributed by atoms with Crippen LogP contribution in [0.4, 0.5) is 13.2 Å². The highest BCUT2D eigenvalue weighted by Gasteiger charge is 2.57. The van der Waals surface area contributed by atoms with E-state index >= 15 is 0 Å². The monoisotopic (exact) mass is 420 g/mol. The van der Waals surface area contributed by atoms with E-state index < -0.39 is 11.8 Å². The Labute approximate surface area is 174 Å². The van der Waals surface area contributed by atoms with Crippen molar-refractivity contribution in [3.63, 3.8) is 0 Å². The van der Waals surface area contributed by atoms with E-state index in [9.17, 15) is 13.2 Å². The van der Waals surface area contributed by atoms with Crippen molar-refractivity contribution in [1.82, 2.24) is 10.6 Å². The van der Waals surface area contributed by atoms with Crippen LogP contribution >= 0.6 is 0 Å². The molecule has 7 heteroatoms. The van der Waals surface area contributed by atoms with E-state index in [2.05, 4.69) is 22.8 Å². The molecule has 0 bridgehead atoms. The van der Waals surface area contributed by atoms with Crippen molar-refractivity contribution in [2.75, 3.05) is 13.7 Å². The number of ether oxygens (including phenoxy) is 2. The third-order valence-electron chi connectivity index (χ3n) is 6.25. The minimum Gasteiger partial charge on any atom is -0.496 e. The SMILES string of the molecule is COc1cc2c(cc1CN[C@H]1CCCN[C@H]1c1ccccc1)[C@](C)(C(F)(F)F)OC2. The summed E-state index contributed by atoms with van der Waals surface area (Å²) in [6, 6.07) is 13.8. The lowest BCUT2D eigenvalue weighted by atomic mass is 9.90. The van der Waals surface area contributed by atoms with Gasteiger partial charge in [-0.05, 0) is 55.1 Å². The van der Waals surface area contributed by atoms with Gasteiger partial charge in [0.15, 0.2) is 5.60 Å². The summed E-state index contributed by atoms with van der Waals surface area (Å²) in [5.74, 6) is 0.580. The van der Waals surface area contributed by atoms with Crippen LogP contribution in [0, 0.1) is 0 Å². The van der Waals surface area contributed by atoms with E-state index in [0.29, 0.717) is 23.4 Å². The third kappa shape index (κ3) is 3.82. The van der Waals surface area contributed by atoms with Crippen molar-refractivity contribution in [3.05, 3.63) is 64.7 Å². The van der Waals surface area contributed by atoms with Gasteiger partial charge in [0.2, 0.25) is 0 Å². The van der Waals surface area contributed by atoms with Gasteiger partial charge in [0.05, 0.1) is 13.7 Å². The molecule has 2 heterocycles. The summed E-state index contributed by atoms with van der Waals surface area (Å²) in [4.78, 5) is 0. The molecule has 1 fully saturated rings. The number of hydrogen-bond acceptors (Lipinski definition) is 4. The van der Waals surface area contributed by atoms with Gasteiger partial charge in [-0.3, -0.25) is 0 Å². The van der Waals surface area contributed by atoms with Crippen molar-refractivity contribution in [2.24, 2.45) is 0 Å². The maximum Gasteiger partial charge on any atom is 0.421 e. The van der Waals surface area contributed by atoms with Crippen molar-refractivity contribution in [2.45, 2.75) is 56.8 Å². The van der Waals surface area contributed by atoms with Crippen LogP contribution in [0.5, 0.6) is 5.75 Å². The van der Waals surface area contributed by atoms with Crippen LogP contribution in [0.2, 0.25) is 0 Å². The highest BCUT2D eigenvalue weighted by molar-refractivity contribution is 5.47. The largest absolute Gasteiger partial charge is 0.496 e. The van der Waals surface area contributed by atoms with Crippen LogP contribution in [0.25, 0.3) is 0 Å². The average Bonchev–Trinajstić information content (AvgIpc) is 3.09. The maximum absolute atomic E-state index is 13.7. The lowest BCUT2D eigenvalue weighted by Gasteiger charge is -2.34. The van der Waals surface area contributed by atoms with Crippen molar-refractivity contribution < 1.29 is 22.6 Å². The second-order valence-electron chi connectivity index (χ2n) is 8.11. The summed E-state index contributed by atoms with van der Waals surface area (Å²) < 4.78 is 51.7. The second-order valence-corrected chi connectivity index (χ2v) is 8.11. The van der Waals surface area contributed by atoms with Gasteiger partial charge in [0.1, 0.15) is 5.75 Å². The Bertz CT molecular complexity index is 888. The number of alkyl halides is 3. The minimum atomic E-state index is -4.48. The summed E-state index contributed by atoms with van der Waals surface area (Å²) in [7, 11) is 1.54. The van der Waals surface area contributed by atoms with Crippen LogP contribution in [-0.2, 0) is 23.5 Å². The second kappa shape index (κ2) is 8.21. The Hall–Kier alpha value is -2.09. The number of rotatable bonds is 5. The first-order chi connectivity index (χ1) is 14.3. The molecule has 30 heavy (non-hydrogen) atoms. The highest BCUT2D eigenvalue weighted by atomic mass is 19.4. The fourth-order valence-corrected chi connectivity index (χ4v) is 4.45. The molecule has 0 unspecified atom stereocenters. The molecule has 2 N–H and O–H groups in total. The molecule has 2 aliphatic rings. The number of halogens is 3. The standard InChI is InChI=1S/C23H27F3N2O2/c1-22(23(24,25)26)18-11-16(20(29-2)12-17(18)14-30-22)13-28-19-9-6-10-27-21(19)15-7-4-3-5-8-15/h3-5,7-8,11-12,19,21,27-28H,6,9-10,13-14H2,1-2H3/t19-,21-,22+/m0/s1. The molecule has 2 aliphatic heterocycles. The van der Waals surface area contributed by atoms with E-state index in [1.54, 1.807) is 19.2 Å². The predicted molar refractivity (Wildman–Crippen MR) is 108 cm³/mol. The van der Waals surface area contributed by atoms with Crippen LogP contribution in [-0.4, -0.2) is 25.9 Å². The zero-order valence-electron chi connectivity index (χ0n) is 17.2. The maximum atomic E-state index is 13.7. The summed E-state index contributed by atoms with van der Waals surface area (Å²) in [6.45, 7) is 2.39. The fourth-order valence-electron chi connectivity index (χ4n) is 4.45. The molecule has 3 atom stereocenters. The summed E-state index contributed by atoms with van der Waals surface area (Å²) in [6.07, 6.45) is -2.45. The number of benzene rings is 2. The molecule has 0 saturated carbocycles. The minimum absolute atomic E-state index is 0.0714. The molecule has 0 aliphatic carbocycles. The van der Waals surface area contributed by atoms with Gasteiger partial charge in [0.25, 0.3) is 0 Å². The molecule has 0 spiro atoms. The smallest absolute Gasteiger partial charge is 0.421 e. The molecule has 4 nitrogen and oxygen atoms in total. The van der Waals surface area contributed by atoms with Gasteiger partial charge in [0, 0.05) is 24.2 Å². The Morgan fingerprint density at radius 2 is 2.00 bits per heavy atom. The first kappa shape index (κ1) is 21.2. The topological polar surface area (TPSA) is 42.5 Å². The molecular weight excluding hydrogens is 393 g/mol. The Balaban J connectivity index is 1.58. The number of fused-ring (bicyclic) bond motifs is 1. The lowest BCUT2D eigenvalue weighted by molar-refractivity contribution is -0.272. The molecular formula is C23H27F3N2O2. The number of methoxy groups -OCH3 is 1. The number of nitrogens with one attached hydrogen (secondary N) is 2. The van der Waals surface area contributed by atoms with Crippen molar-refractivity contribution in [1.29, 1.82) is 0 Å². The van der Waals surface area contributed by atoms with E-state index in [0.717, 1.165) is 26.3 Å². The van der Waals surface area contributed by atoms with Gasteiger partial charge < -0.3 is 20.1 Å². The van der Waals surface area contributed by atoms with Gasteiger partial charge in [-0.25, -0.2) is 0 Å². The van der Waals surface area contributed by atoms with E-state index in [1.165, 1.54) is 5.56 Å². The van der Waals surface area contributed by atoms with E-state index in [4.69, 9.17) is 9.47 Å². The van der Waals surface area contributed by atoms with Gasteiger partial charge in [-0.2, -0.15) is 13.2 Å².